The van der Waals surface area contributed by atoms with Crippen LogP contribution in [0, 0.1) is 0 Å². The van der Waals surface area contributed by atoms with E-state index in [4.69, 9.17) is 4.74 Å². The predicted octanol–water partition coefficient (Wildman–Crippen LogP) is 1.13. The second-order valence-corrected chi connectivity index (χ2v) is 5.75. The first-order valence-electron chi connectivity index (χ1n) is 8.15. The molecule has 0 saturated heterocycles. The normalized spacial score (nSPS) is 11.7. The summed E-state index contributed by atoms with van der Waals surface area (Å²) in [7, 11) is 3.04. The van der Waals surface area contributed by atoms with Crippen molar-refractivity contribution in [2.24, 2.45) is 7.05 Å². The third-order valence-electron chi connectivity index (χ3n) is 3.96. The highest BCUT2D eigenvalue weighted by atomic mass is 16.5. The van der Waals surface area contributed by atoms with Crippen molar-refractivity contribution in [1.82, 2.24) is 29.8 Å². The Labute approximate surface area is 155 Å². The highest BCUT2D eigenvalue weighted by Gasteiger charge is 2.20. The van der Waals surface area contributed by atoms with Gasteiger partial charge >= 0.3 is 0 Å². The zero-order chi connectivity index (χ0) is 19.4. The van der Waals surface area contributed by atoms with Crippen LogP contribution in [-0.2, 0) is 7.05 Å². The number of amides is 1. The van der Waals surface area contributed by atoms with Crippen molar-refractivity contribution in [1.29, 1.82) is 0 Å². The van der Waals surface area contributed by atoms with Crippen LogP contribution < -0.4 is 15.6 Å². The van der Waals surface area contributed by atoms with Gasteiger partial charge in [-0.1, -0.05) is 0 Å². The summed E-state index contributed by atoms with van der Waals surface area (Å²) < 4.78 is 6.50. The molecule has 27 heavy (non-hydrogen) atoms. The van der Waals surface area contributed by atoms with E-state index in [9.17, 15) is 9.59 Å². The molecule has 138 valence electrons. The molecular formula is C18H18N6O3. The van der Waals surface area contributed by atoms with Gasteiger partial charge in [0.15, 0.2) is 0 Å². The van der Waals surface area contributed by atoms with Gasteiger partial charge in [-0.3, -0.25) is 14.2 Å². The van der Waals surface area contributed by atoms with E-state index in [1.807, 2.05) is 0 Å². The minimum absolute atomic E-state index is 0.221. The van der Waals surface area contributed by atoms with E-state index in [2.05, 4.69) is 25.3 Å². The summed E-state index contributed by atoms with van der Waals surface area (Å²) in [6, 6.07) is 5.77. The molecule has 1 amide bonds. The molecule has 0 fully saturated rings. The minimum atomic E-state index is -0.540. The smallest absolute Gasteiger partial charge is 0.257 e. The molecule has 1 N–H and O–H groups in total. The third kappa shape index (κ3) is 3.81. The Morgan fingerprint density at radius 2 is 2.04 bits per heavy atom. The number of ether oxygens (including phenoxy) is 1. The summed E-state index contributed by atoms with van der Waals surface area (Å²) in [5, 5.41) is 2.82. The molecule has 1 atom stereocenters. The van der Waals surface area contributed by atoms with Crippen LogP contribution in [0.5, 0.6) is 5.88 Å². The van der Waals surface area contributed by atoms with Gasteiger partial charge in [-0.15, -0.1) is 0 Å². The topological polar surface area (TPSA) is 112 Å². The van der Waals surface area contributed by atoms with Crippen LogP contribution in [0.25, 0.3) is 11.4 Å². The fraction of sp³-hybridized carbons (Fsp3) is 0.222. The van der Waals surface area contributed by atoms with Crippen molar-refractivity contribution in [3.63, 3.8) is 0 Å². The Morgan fingerprint density at radius 3 is 2.74 bits per heavy atom. The summed E-state index contributed by atoms with van der Waals surface area (Å²) in [5.41, 5.74) is 0.976. The van der Waals surface area contributed by atoms with Crippen LogP contribution in [0.2, 0.25) is 0 Å². The van der Waals surface area contributed by atoms with Gasteiger partial charge in [0.1, 0.15) is 17.7 Å². The molecule has 0 aromatic carbocycles. The summed E-state index contributed by atoms with van der Waals surface area (Å²) in [5.74, 6) is 0.236. The van der Waals surface area contributed by atoms with Gasteiger partial charge in [0.25, 0.3) is 11.5 Å². The number of nitrogens with one attached hydrogen (secondary N) is 1. The van der Waals surface area contributed by atoms with E-state index in [-0.39, 0.29) is 17.3 Å². The van der Waals surface area contributed by atoms with Crippen LogP contribution in [0.4, 0.5) is 0 Å². The number of pyridine rings is 1. The first-order valence-corrected chi connectivity index (χ1v) is 8.15. The standard InChI is InChI=1S/C18H18N6O3/c1-11(22-17(26)12-5-4-7-20-18(12)27-3)16-23-14(9-15(25)24(16)2)13-6-8-19-10-21-13/h4-11H,1-3H3,(H,22,26). The van der Waals surface area contributed by atoms with Crippen LogP contribution in [-0.4, -0.2) is 37.5 Å². The van der Waals surface area contributed by atoms with E-state index in [1.165, 1.54) is 30.3 Å². The van der Waals surface area contributed by atoms with E-state index in [0.717, 1.165) is 0 Å². The van der Waals surface area contributed by atoms with Gasteiger partial charge in [0.2, 0.25) is 5.88 Å². The Balaban J connectivity index is 1.92. The highest BCUT2D eigenvalue weighted by Crippen LogP contribution is 2.17. The predicted molar refractivity (Wildman–Crippen MR) is 97.2 cm³/mol. The molecule has 9 nitrogen and oxygen atoms in total. The second-order valence-electron chi connectivity index (χ2n) is 5.75. The second kappa shape index (κ2) is 7.73. The molecule has 0 bridgehead atoms. The minimum Gasteiger partial charge on any atom is -0.480 e. The zero-order valence-corrected chi connectivity index (χ0v) is 15.1. The van der Waals surface area contributed by atoms with E-state index in [1.54, 1.807) is 38.4 Å². The number of methoxy groups -OCH3 is 1. The molecule has 3 aromatic rings. The molecular weight excluding hydrogens is 348 g/mol. The molecule has 3 heterocycles. The average Bonchev–Trinajstić information content (AvgIpc) is 2.70. The zero-order valence-electron chi connectivity index (χ0n) is 15.1. The van der Waals surface area contributed by atoms with Gasteiger partial charge in [-0.2, -0.15) is 0 Å². The monoisotopic (exact) mass is 366 g/mol. The van der Waals surface area contributed by atoms with Crippen molar-refractivity contribution in [2.75, 3.05) is 7.11 Å². The van der Waals surface area contributed by atoms with Crippen molar-refractivity contribution < 1.29 is 9.53 Å². The summed E-state index contributed by atoms with van der Waals surface area (Å²) >= 11 is 0. The van der Waals surface area contributed by atoms with Crippen molar-refractivity contribution in [3.8, 4) is 17.3 Å². The number of rotatable bonds is 5. The van der Waals surface area contributed by atoms with Gasteiger partial charge in [-0.25, -0.2) is 19.9 Å². The number of hydrogen-bond donors (Lipinski definition) is 1. The van der Waals surface area contributed by atoms with Gasteiger partial charge in [-0.05, 0) is 25.1 Å². The van der Waals surface area contributed by atoms with E-state index < -0.39 is 6.04 Å². The largest absolute Gasteiger partial charge is 0.480 e. The Bertz CT molecular complexity index is 1020. The van der Waals surface area contributed by atoms with Gasteiger partial charge < -0.3 is 10.1 Å². The molecule has 0 spiro atoms. The van der Waals surface area contributed by atoms with E-state index >= 15 is 0 Å². The van der Waals surface area contributed by atoms with Crippen LogP contribution in [0.3, 0.4) is 0 Å². The molecule has 3 aromatic heterocycles. The summed E-state index contributed by atoms with van der Waals surface area (Å²) in [6.07, 6.45) is 4.49. The van der Waals surface area contributed by atoms with Gasteiger partial charge in [0, 0.05) is 25.5 Å². The number of hydrogen-bond acceptors (Lipinski definition) is 7. The fourth-order valence-electron chi connectivity index (χ4n) is 2.58. The number of carbonyl (C=O) groups is 1. The van der Waals surface area contributed by atoms with E-state index in [0.29, 0.717) is 22.8 Å². The maximum atomic E-state index is 12.6. The molecule has 0 radical (unpaired) electrons. The molecule has 0 aliphatic rings. The molecule has 1 unspecified atom stereocenters. The SMILES string of the molecule is COc1ncccc1C(=O)NC(C)c1nc(-c2ccncn2)cc(=O)n1C. The lowest BCUT2D eigenvalue weighted by molar-refractivity contribution is 0.0933. The van der Waals surface area contributed by atoms with Crippen molar-refractivity contribution in [3.05, 3.63) is 64.7 Å². The number of nitrogens with zero attached hydrogens (tertiary/aromatic N) is 5. The quantitative estimate of drug-likeness (QED) is 0.720. The lowest BCUT2D eigenvalue weighted by Gasteiger charge is -2.17. The van der Waals surface area contributed by atoms with Crippen LogP contribution in [0.1, 0.15) is 29.1 Å². The molecule has 0 aliphatic heterocycles. The average molecular weight is 366 g/mol. The first kappa shape index (κ1) is 18.2. The Morgan fingerprint density at radius 1 is 1.22 bits per heavy atom. The lowest BCUT2D eigenvalue weighted by atomic mass is 10.2. The summed E-state index contributed by atoms with van der Waals surface area (Å²) in [4.78, 5) is 41.4. The molecule has 9 heteroatoms. The first-order chi connectivity index (χ1) is 13.0. The third-order valence-corrected chi connectivity index (χ3v) is 3.96. The Kier molecular flexibility index (Phi) is 5.20. The Hall–Kier alpha value is -3.62. The fourth-order valence-corrected chi connectivity index (χ4v) is 2.58. The molecule has 0 saturated carbocycles. The molecule has 0 aliphatic carbocycles. The van der Waals surface area contributed by atoms with Crippen molar-refractivity contribution in [2.45, 2.75) is 13.0 Å². The van der Waals surface area contributed by atoms with Crippen LogP contribution >= 0.6 is 0 Å². The lowest BCUT2D eigenvalue weighted by Crippen LogP contribution is -2.33. The van der Waals surface area contributed by atoms with Crippen LogP contribution in [0.15, 0.2) is 47.8 Å². The van der Waals surface area contributed by atoms with Crippen molar-refractivity contribution >= 4 is 5.91 Å². The van der Waals surface area contributed by atoms with Gasteiger partial charge in [0.05, 0.1) is 24.5 Å². The molecule has 3 rings (SSSR count). The maximum Gasteiger partial charge on any atom is 0.257 e. The summed E-state index contributed by atoms with van der Waals surface area (Å²) in [6.45, 7) is 1.74. The number of carbonyl (C=O) groups excluding carboxylic acids is 1. The highest BCUT2D eigenvalue weighted by molar-refractivity contribution is 5.96. The maximum absolute atomic E-state index is 12.6. The number of aromatic nitrogens is 5.